The first-order valence-corrected chi connectivity index (χ1v) is 6.31. The lowest BCUT2D eigenvalue weighted by atomic mass is 10.1. The Hall–Kier alpha value is -2.17. The van der Waals surface area contributed by atoms with Gasteiger partial charge in [0.15, 0.2) is 5.82 Å². The first-order valence-electron chi connectivity index (χ1n) is 6.31. The molecule has 2 aromatic rings. The SMILES string of the molecule is CCN(CC(C)C(=O)O)c1nncc2ccccc12. The van der Waals surface area contributed by atoms with Gasteiger partial charge in [-0.3, -0.25) is 4.79 Å². The molecule has 2 rings (SSSR count). The molecule has 0 fully saturated rings. The molecule has 0 amide bonds. The molecule has 1 aromatic carbocycles. The van der Waals surface area contributed by atoms with E-state index in [1.807, 2.05) is 36.1 Å². The van der Waals surface area contributed by atoms with Gasteiger partial charge in [-0.15, -0.1) is 5.10 Å². The molecule has 1 N–H and O–H groups in total. The minimum absolute atomic E-state index is 0.425. The number of carboxylic acids is 1. The Morgan fingerprint density at radius 2 is 2.16 bits per heavy atom. The lowest BCUT2D eigenvalue weighted by Crippen LogP contribution is -2.32. The van der Waals surface area contributed by atoms with Crippen molar-refractivity contribution in [3.8, 4) is 0 Å². The van der Waals surface area contributed by atoms with E-state index >= 15 is 0 Å². The molecule has 0 saturated carbocycles. The first-order chi connectivity index (χ1) is 9.13. The van der Waals surface area contributed by atoms with Crippen molar-refractivity contribution in [2.45, 2.75) is 13.8 Å². The van der Waals surface area contributed by atoms with Crippen molar-refractivity contribution in [3.63, 3.8) is 0 Å². The van der Waals surface area contributed by atoms with Gasteiger partial charge in [0.1, 0.15) is 0 Å². The van der Waals surface area contributed by atoms with Crippen LogP contribution in [0.5, 0.6) is 0 Å². The largest absolute Gasteiger partial charge is 0.481 e. The Kier molecular flexibility index (Phi) is 3.94. The van der Waals surface area contributed by atoms with Crippen LogP contribution in [0.4, 0.5) is 5.82 Å². The standard InChI is InChI=1S/C14H17N3O2/c1-3-17(9-10(2)14(18)19)13-12-7-5-4-6-11(12)8-15-16-13/h4-8,10H,3,9H2,1-2H3,(H,18,19). The minimum atomic E-state index is -0.799. The third-order valence-electron chi connectivity index (χ3n) is 3.15. The van der Waals surface area contributed by atoms with Crippen LogP contribution in [0.15, 0.2) is 30.5 Å². The maximum atomic E-state index is 11.0. The quantitative estimate of drug-likeness (QED) is 0.891. The highest BCUT2D eigenvalue weighted by atomic mass is 16.4. The van der Waals surface area contributed by atoms with Crippen LogP contribution in [-0.2, 0) is 4.79 Å². The molecule has 5 heteroatoms. The molecule has 0 radical (unpaired) electrons. The third-order valence-corrected chi connectivity index (χ3v) is 3.15. The summed E-state index contributed by atoms with van der Waals surface area (Å²) in [5.41, 5.74) is 0. The summed E-state index contributed by atoms with van der Waals surface area (Å²) >= 11 is 0. The molecule has 0 spiro atoms. The van der Waals surface area contributed by atoms with Crippen molar-refractivity contribution in [2.75, 3.05) is 18.0 Å². The fourth-order valence-corrected chi connectivity index (χ4v) is 2.02. The number of aliphatic carboxylic acids is 1. The van der Waals surface area contributed by atoms with Crippen LogP contribution in [0, 0.1) is 5.92 Å². The minimum Gasteiger partial charge on any atom is -0.481 e. The molecule has 0 bridgehead atoms. The summed E-state index contributed by atoms with van der Waals surface area (Å²) in [6.07, 6.45) is 1.72. The van der Waals surface area contributed by atoms with E-state index in [9.17, 15) is 4.79 Å². The Bertz CT molecular complexity index is 580. The summed E-state index contributed by atoms with van der Waals surface area (Å²) < 4.78 is 0. The second-order valence-electron chi connectivity index (χ2n) is 4.53. The van der Waals surface area contributed by atoms with Gasteiger partial charge in [-0.05, 0) is 6.92 Å². The topological polar surface area (TPSA) is 66.3 Å². The van der Waals surface area contributed by atoms with Crippen LogP contribution in [-0.4, -0.2) is 34.4 Å². The van der Waals surface area contributed by atoms with Gasteiger partial charge in [-0.2, -0.15) is 5.10 Å². The molecule has 19 heavy (non-hydrogen) atoms. The molecule has 1 aromatic heterocycles. The number of hydrogen-bond acceptors (Lipinski definition) is 4. The number of rotatable bonds is 5. The number of benzene rings is 1. The molecule has 1 heterocycles. The van der Waals surface area contributed by atoms with E-state index in [1.54, 1.807) is 13.1 Å². The molecule has 100 valence electrons. The molecule has 0 saturated heterocycles. The number of carboxylic acid groups (broad SMARTS) is 1. The highest BCUT2D eigenvalue weighted by molar-refractivity contribution is 5.91. The van der Waals surface area contributed by atoms with Crippen molar-refractivity contribution in [2.24, 2.45) is 5.92 Å². The van der Waals surface area contributed by atoms with Crippen LogP contribution >= 0.6 is 0 Å². The highest BCUT2D eigenvalue weighted by Gasteiger charge is 2.18. The molecule has 1 unspecified atom stereocenters. The Labute approximate surface area is 111 Å². The summed E-state index contributed by atoms with van der Waals surface area (Å²) in [6, 6.07) is 7.85. The van der Waals surface area contributed by atoms with Gasteiger partial charge in [-0.25, -0.2) is 0 Å². The van der Waals surface area contributed by atoms with E-state index in [2.05, 4.69) is 10.2 Å². The zero-order valence-electron chi connectivity index (χ0n) is 11.1. The van der Waals surface area contributed by atoms with Crippen LogP contribution in [0.3, 0.4) is 0 Å². The fourth-order valence-electron chi connectivity index (χ4n) is 2.02. The molecule has 0 aliphatic carbocycles. The Morgan fingerprint density at radius 3 is 2.84 bits per heavy atom. The van der Waals surface area contributed by atoms with E-state index in [0.717, 1.165) is 16.6 Å². The average Bonchev–Trinajstić information content (AvgIpc) is 2.44. The second-order valence-corrected chi connectivity index (χ2v) is 4.53. The van der Waals surface area contributed by atoms with Crippen LogP contribution < -0.4 is 4.90 Å². The molecule has 1 atom stereocenters. The Morgan fingerprint density at radius 1 is 1.42 bits per heavy atom. The maximum Gasteiger partial charge on any atom is 0.308 e. The zero-order valence-corrected chi connectivity index (χ0v) is 11.1. The molecule has 5 nitrogen and oxygen atoms in total. The number of nitrogens with zero attached hydrogens (tertiary/aromatic N) is 3. The summed E-state index contributed by atoms with van der Waals surface area (Å²) in [5.74, 6) is -0.499. The first kappa shape index (κ1) is 13.3. The normalized spacial score (nSPS) is 12.3. The number of carbonyl (C=O) groups is 1. The van der Waals surface area contributed by atoms with Crippen LogP contribution in [0.25, 0.3) is 10.8 Å². The van der Waals surface area contributed by atoms with Gasteiger partial charge in [0.25, 0.3) is 0 Å². The van der Waals surface area contributed by atoms with Crippen LogP contribution in [0.2, 0.25) is 0 Å². The molecule has 0 aliphatic heterocycles. The van der Waals surface area contributed by atoms with Crippen molar-refractivity contribution >= 4 is 22.6 Å². The molecule has 0 aliphatic rings. The summed E-state index contributed by atoms with van der Waals surface area (Å²) in [4.78, 5) is 12.9. The lowest BCUT2D eigenvalue weighted by Gasteiger charge is -2.24. The van der Waals surface area contributed by atoms with Gasteiger partial charge in [0.05, 0.1) is 12.1 Å². The van der Waals surface area contributed by atoms with Gasteiger partial charge >= 0.3 is 5.97 Å². The number of anilines is 1. The molecular formula is C14H17N3O2. The fraction of sp³-hybridized carbons (Fsp3) is 0.357. The predicted octanol–water partition coefficient (Wildman–Crippen LogP) is 2.18. The van der Waals surface area contributed by atoms with Crippen molar-refractivity contribution in [1.82, 2.24) is 10.2 Å². The van der Waals surface area contributed by atoms with E-state index in [-0.39, 0.29) is 0 Å². The van der Waals surface area contributed by atoms with E-state index in [4.69, 9.17) is 5.11 Å². The third kappa shape index (κ3) is 2.81. The highest BCUT2D eigenvalue weighted by Crippen LogP contribution is 2.23. The Balaban J connectivity index is 2.38. The van der Waals surface area contributed by atoms with Crippen molar-refractivity contribution in [1.29, 1.82) is 0 Å². The van der Waals surface area contributed by atoms with Gasteiger partial charge in [0, 0.05) is 23.9 Å². The monoisotopic (exact) mass is 259 g/mol. The summed E-state index contributed by atoms with van der Waals surface area (Å²) in [7, 11) is 0. The zero-order chi connectivity index (χ0) is 13.8. The smallest absolute Gasteiger partial charge is 0.308 e. The predicted molar refractivity (Wildman–Crippen MR) is 74.2 cm³/mol. The van der Waals surface area contributed by atoms with Gasteiger partial charge in [-0.1, -0.05) is 31.2 Å². The second kappa shape index (κ2) is 5.65. The van der Waals surface area contributed by atoms with Crippen molar-refractivity contribution < 1.29 is 9.90 Å². The number of aromatic nitrogens is 2. The van der Waals surface area contributed by atoms with Gasteiger partial charge in [0.2, 0.25) is 0 Å². The molecular weight excluding hydrogens is 242 g/mol. The average molecular weight is 259 g/mol. The maximum absolute atomic E-state index is 11.0. The van der Waals surface area contributed by atoms with Gasteiger partial charge < -0.3 is 10.0 Å². The van der Waals surface area contributed by atoms with E-state index in [0.29, 0.717) is 13.1 Å². The van der Waals surface area contributed by atoms with Crippen LogP contribution in [0.1, 0.15) is 13.8 Å². The lowest BCUT2D eigenvalue weighted by molar-refractivity contribution is -0.140. The summed E-state index contributed by atoms with van der Waals surface area (Å²) in [6.45, 7) is 4.80. The number of fused-ring (bicyclic) bond motifs is 1. The number of hydrogen-bond donors (Lipinski definition) is 1. The van der Waals surface area contributed by atoms with E-state index in [1.165, 1.54) is 0 Å². The van der Waals surface area contributed by atoms with Crippen molar-refractivity contribution in [3.05, 3.63) is 30.5 Å². The van der Waals surface area contributed by atoms with E-state index < -0.39 is 11.9 Å². The summed E-state index contributed by atoms with van der Waals surface area (Å²) in [5, 5.41) is 19.2.